The Morgan fingerprint density at radius 2 is 2.04 bits per heavy atom. The Kier molecular flexibility index (Phi) is 5.09. The van der Waals surface area contributed by atoms with E-state index in [2.05, 4.69) is 11.4 Å². The molecule has 0 spiro atoms. The molecule has 5 heteroatoms. The lowest BCUT2D eigenvalue weighted by Gasteiger charge is -2.20. The van der Waals surface area contributed by atoms with Gasteiger partial charge in [-0.05, 0) is 37.4 Å². The molecular weight excluding hydrogens is 323 g/mol. The quantitative estimate of drug-likeness (QED) is 0.711. The molecule has 0 radical (unpaired) electrons. The highest BCUT2D eigenvalue weighted by Gasteiger charge is 2.17. The third-order valence-electron chi connectivity index (χ3n) is 3.80. The Bertz CT molecular complexity index is 870. The summed E-state index contributed by atoms with van der Waals surface area (Å²) in [5, 5.41) is 12.7. The molecule has 0 saturated heterocycles. The maximum absolute atomic E-state index is 14.0. The van der Waals surface area contributed by atoms with Crippen LogP contribution in [0.25, 0.3) is 10.1 Å². The van der Waals surface area contributed by atoms with Crippen molar-refractivity contribution in [2.45, 2.75) is 12.5 Å². The standard InChI is InChI=1S/C19H17FN2OS/c1-22-10-9-17(13-5-3-2-4-6-13)23-18-8-7-16(20)15-11-14(12-21)24-19(15)18/h2-8,11,17,22H,9-10H2,1H3/t17-/m0/s1. The van der Waals surface area contributed by atoms with Gasteiger partial charge in [-0.1, -0.05) is 30.3 Å². The predicted molar refractivity (Wildman–Crippen MR) is 94.9 cm³/mol. The second-order valence-corrected chi connectivity index (χ2v) is 6.47. The number of hydrogen-bond acceptors (Lipinski definition) is 4. The Hall–Kier alpha value is -2.42. The molecule has 0 aliphatic carbocycles. The van der Waals surface area contributed by atoms with Crippen LogP contribution < -0.4 is 10.1 Å². The molecule has 1 atom stereocenters. The van der Waals surface area contributed by atoms with Crippen molar-refractivity contribution >= 4 is 21.4 Å². The number of rotatable bonds is 6. The van der Waals surface area contributed by atoms with Gasteiger partial charge in [0.15, 0.2) is 0 Å². The van der Waals surface area contributed by atoms with E-state index in [1.807, 2.05) is 37.4 Å². The summed E-state index contributed by atoms with van der Waals surface area (Å²) in [5.41, 5.74) is 1.07. The van der Waals surface area contributed by atoms with E-state index >= 15 is 0 Å². The number of nitrogens with zero attached hydrogens (tertiary/aromatic N) is 1. The first-order chi connectivity index (χ1) is 11.7. The highest BCUT2D eigenvalue weighted by molar-refractivity contribution is 7.19. The normalized spacial score (nSPS) is 12.0. The molecule has 0 saturated carbocycles. The summed E-state index contributed by atoms with van der Waals surface area (Å²) < 4.78 is 20.9. The molecule has 3 aromatic rings. The van der Waals surface area contributed by atoms with Crippen LogP contribution >= 0.6 is 11.3 Å². The van der Waals surface area contributed by atoms with Crippen LogP contribution in [-0.2, 0) is 0 Å². The monoisotopic (exact) mass is 340 g/mol. The van der Waals surface area contributed by atoms with E-state index in [-0.39, 0.29) is 11.9 Å². The van der Waals surface area contributed by atoms with Gasteiger partial charge < -0.3 is 10.1 Å². The summed E-state index contributed by atoms with van der Waals surface area (Å²) in [5.74, 6) is 0.282. The largest absolute Gasteiger partial charge is 0.484 e. The molecule has 1 heterocycles. The second kappa shape index (κ2) is 7.43. The lowest BCUT2D eigenvalue weighted by atomic mass is 10.1. The van der Waals surface area contributed by atoms with Crippen molar-refractivity contribution in [1.82, 2.24) is 5.32 Å². The van der Waals surface area contributed by atoms with Gasteiger partial charge in [0.25, 0.3) is 0 Å². The Morgan fingerprint density at radius 3 is 2.75 bits per heavy atom. The summed E-state index contributed by atoms with van der Waals surface area (Å²) in [6.45, 7) is 0.803. The highest BCUT2D eigenvalue weighted by Crippen LogP contribution is 2.37. The molecule has 0 bridgehead atoms. The summed E-state index contributed by atoms with van der Waals surface area (Å²) in [6.07, 6.45) is 0.649. The molecule has 24 heavy (non-hydrogen) atoms. The summed E-state index contributed by atoms with van der Waals surface area (Å²) in [4.78, 5) is 0.478. The van der Waals surface area contributed by atoms with Gasteiger partial charge in [-0.15, -0.1) is 11.3 Å². The average Bonchev–Trinajstić information content (AvgIpc) is 3.07. The minimum atomic E-state index is -0.332. The summed E-state index contributed by atoms with van der Waals surface area (Å²) in [7, 11) is 1.90. The van der Waals surface area contributed by atoms with Gasteiger partial charge in [0, 0.05) is 11.8 Å². The van der Waals surface area contributed by atoms with Gasteiger partial charge >= 0.3 is 0 Å². The Labute approximate surface area is 144 Å². The molecule has 0 unspecified atom stereocenters. The van der Waals surface area contributed by atoms with Gasteiger partial charge in [-0.2, -0.15) is 5.26 Å². The van der Waals surface area contributed by atoms with E-state index in [9.17, 15) is 4.39 Å². The average molecular weight is 340 g/mol. The molecule has 3 rings (SSSR count). The van der Waals surface area contributed by atoms with E-state index in [0.717, 1.165) is 18.5 Å². The van der Waals surface area contributed by atoms with Crippen molar-refractivity contribution in [3.8, 4) is 11.8 Å². The molecule has 3 nitrogen and oxygen atoms in total. The molecule has 0 amide bonds. The molecule has 1 N–H and O–H groups in total. The lowest BCUT2D eigenvalue weighted by Crippen LogP contribution is -2.16. The molecule has 0 aliphatic rings. The lowest BCUT2D eigenvalue weighted by molar-refractivity contribution is 0.198. The number of nitrogens with one attached hydrogen (secondary N) is 1. The molecule has 0 fully saturated rings. The van der Waals surface area contributed by atoms with Crippen LogP contribution in [-0.4, -0.2) is 13.6 Å². The fraction of sp³-hybridized carbons (Fsp3) is 0.211. The first-order valence-corrected chi connectivity index (χ1v) is 8.53. The molecule has 0 aliphatic heterocycles. The van der Waals surface area contributed by atoms with Crippen LogP contribution in [0.4, 0.5) is 4.39 Å². The Balaban J connectivity index is 1.98. The fourth-order valence-electron chi connectivity index (χ4n) is 2.60. The van der Waals surface area contributed by atoms with E-state index in [4.69, 9.17) is 10.00 Å². The first-order valence-electron chi connectivity index (χ1n) is 7.71. The fourth-order valence-corrected chi connectivity index (χ4v) is 3.53. The molecule has 2 aromatic carbocycles. The number of fused-ring (bicyclic) bond motifs is 1. The van der Waals surface area contributed by atoms with Crippen molar-refractivity contribution in [2.75, 3.05) is 13.6 Å². The predicted octanol–water partition coefficient (Wildman–Crippen LogP) is 4.64. The van der Waals surface area contributed by atoms with E-state index in [1.165, 1.54) is 17.4 Å². The van der Waals surface area contributed by atoms with Crippen molar-refractivity contribution < 1.29 is 9.13 Å². The SMILES string of the molecule is CNCC[C@H](Oc1ccc(F)c2cc(C#N)sc12)c1ccccc1. The van der Waals surface area contributed by atoms with E-state index < -0.39 is 0 Å². The zero-order valence-electron chi connectivity index (χ0n) is 13.3. The highest BCUT2D eigenvalue weighted by atomic mass is 32.1. The van der Waals surface area contributed by atoms with Gasteiger partial charge in [0.05, 0.1) is 4.70 Å². The third kappa shape index (κ3) is 3.40. The molecular formula is C19H17FN2OS. The van der Waals surface area contributed by atoms with Crippen LogP contribution in [0.5, 0.6) is 5.75 Å². The van der Waals surface area contributed by atoms with Crippen LogP contribution in [0, 0.1) is 17.1 Å². The number of hydrogen-bond donors (Lipinski definition) is 1. The smallest absolute Gasteiger partial charge is 0.138 e. The van der Waals surface area contributed by atoms with Crippen molar-refractivity contribution in [1.29, 1.82) is 5.26 Å². The minimum absolute atomic E-state index is 0.139. The third-order valence-corrected chi connectivity index (χ3v) is 4.86. The van der Waals surface area contributed by atoms with Gasteiger partial charge in [0.2, 0.25) is 0 Å². The minimum Gasteiger partial charge on any atom is -0.484 e. The van der Waals surface area contributed by atoms with Gasteiger partial charge in [0.1, 0.15) is 28.6 Å². The summed E-state index contributed by atoms with van der Waals surface area (Å²) in [6, 6.07) is 16.7. The number of ether oxygens (including phenoxy) is 1. The van der Waals surface area contributed by atoms with E-state index in [0.29, 0.717) is 20.7 Å². The second-order valence-electron chi connectivity index (χ2n) is 5.42. The number of benzene rings is 2. The molecule has 122 valence electrons. The van der Waals surface area contributed by atoms with Crippen LogP contribution in [0.15, 0.2) is 48.5 Å². The van der Waals surface area contributed by atoms with Gasteiger partial charge in [-0.3, -0.25) is 0 Å². The number of nitriles is 1. The van der Waals surface area contributed by atoms with Crippen molar-refractivity contribution in [3.05, 3.63) is 64.8 Å². The van der Waals surface area contributed by atoms with Crippen molar-refractivity contribution in [3.63, 3.8) is 0 Å². The summed E-state index contributed by atoms with van der Waals surface area (Å²) >= 11 is 1.26. The van der Waals surface area contributed by atoms with Crippen LogP contribution in [0.3, 0.4) is 0 Å². The van der Waals surface area contributed by atoms with E-state index in [1.54, 1.807) is 12.1 Å². The Morgan fingerprint density at radius 1 is 1.25 bits per heavy atom. The zero-order chi connectivity index (χ0) is 16.9. The van der Waals surface area contributed by atoms with Crippen molar-refractivity contribution in [2.24, 2.45) is 0 Å². The number of halogens is 1. The maximum Gasteiger partial charge on any atom is 0.138 e. The van der Waals surface area contributed by atoms with Crippen LogP contribution in [0.2, 0.25) is 0 Å². The van der Waals surface area contributed by atoms with Gasteiger partial charge in [-0.25, -0.2) is 4.39 Å². The number of thiophene rings is 1. The maximum atomic E-state index is 14.0. The molecule has 1 aromatic heterocycles. The topological polar surface area (TPSA) is 45.0 Å². The zero-order valence-corrected chi connectivity index (χ0v) is 14.1. The first kappa shape index (κ1) is 16.4. The van der Waals surface area contributed by atoms with Crippen LogP contribution in [0.1, 0.15) is 23.0 Å².